The Morgan fingerprint density at radius 1 is 1.59 bits per heavy atom. The highest BCUT2D eigenvalue weighted by atomic mass is 32.1. The first-order valence-electron chi connectivity index (χ1n) is 5.94. The second kappa shape index (κ2) is 7.40. The summed E-state index contributed by atoms with van der Waals surface area (Å²) in [6.45, 7) is 5.72. The molecule has 0 saturated carbocycles. The maximum Gasteiger partial charge on any atom is 0.222 e. The molecule has 1 aromatic heterocycles. The van der Waals surface area contributed by atoms with E-state index < -0.39 is 0 Å². The molecule has 96 valence electrons. The fourth-order valence-corrected chi connectivity index (χ4v) is 2.02. The molecule has 5 heteroatoms. The van der Waals surface area contributed by atoms with E-state index in [1.54, 1.807) is 21.7 Å². The fourth-order valence-electron chi connectivity index (χ4n) is 1.47. The molecule has 1 rings (SSSR count). The van der Waals surface area contributed by atoms with Crippen molar-refractivity contribution >= 4 is 17.2 Å². The Labute approximate surface area is 107 Å². The first-order valence-corrected chi connectivity index (χ1v) is 6.88. The van der Waals surface area contributed by atoms with Crippen LogP contribution < -0.4 is 5.32 Å². The summed E-state index contributed by atoms with van der Waals surface area (Å²) in [5.41, 5.74) is 2.76. The summed E-state index contributed by atoms with van der Waals surface area (Å²) in [5, 5.41) is 5.28. The van der Waals surface area contributed by atoms with Crippen LogP contribution in [-0.4, -0.2) is 35.4 Å². The number of nitrogens with one attached hydrogen (secondary N) is 1. The smallest absolute Gasteiger partial charge is 0.222 e. The largest absolute Gasteiger partial charge is 0.340 e. The summed E-state index contributed by atoms with van der Waals surface area (Å²) in [6.07, 6.45) is 1.48. The van der Waals surface area contributed by atoms with Gasteiger partial charge in [-0.15, -0.1) is 11.3 Å². The van der Waals surface area contributed by atoms with Crippen molar-refractivity contribution in [3.63, 3.8) is 0 Å². The third kappa shape index (κ3) is 5.79. The minimum atomic E-state index is 0.184. The van der Waals surface area contributed by atoms with Crippen molar-refractivity contribution in [3.05, 3.63) is 16.6 Å². The molecule has 0 saturated heterocycles. The monoisotopic (exact) mass is 255 g/mol. The van der Waals surface area contributed by atoms with Crippen LogP contribution in [0.2, 0.25) is 0 Å². The topological polar surface area (TPSA) is 45.2 Å². The van der Waals surface area contributed by atoms with Crippen molar-refractivity contribution in [1.82, 2.24) is 15.2 Å². The van der Waals surface area contributed by atoms with Gasteiger partial charge in [0.2, 0.25) is 5.91 Å². The maximum absolute atomic E-state index is 11.8. The quantitative estimate of drug-likeness (QED) is 0.757. The summed E-state index contributed by atoms with van der Waals surface area (Å²) in [4.78, 5) is 17.7. The number of amides is 1. The zero-order valence-electron chi connectivity index (χ0n) is 10.8. The Hall–Kier alpha value is -0.940. The zero-order chi connectivity index (χ0) is 12.7. The predicted octanol–water partition coefficient (Wildman–Crippen LogP) is 1.88. The Balaban J connectivity index is 2.18. The van der Waals surface area contributed by atoms with E-state index in [1.807, 2.05) is 12.4 Å². The lowest BCUT2D eigenvalue weighted by atomic mass is 10.2. The van der Waals surface area contributed by atoms with Crippen LogP contribution in [0.15, 0.2) is 10.9 Å². The Morgan fingerprint density at radius 2 is 2.35 bits per heavy atom. The van der Waals surface area contributed by atoms with Crippen LogP contribution in [0.1, 0.15) is 32.4 Å². The van der Waals surface area contributed by atoms with Crippen molar-refractivity contribution in [2.24, 2.45) is 0 Å². The summed E-state index contributed by atoms with van der Waals surface area (Å²) in [5.74, 6) is 0.184. The van der Waals surface area contributed by atoms with Crippen molar-refractivity contribution in [2.75, 3.05) is 13.6 Å². The molecule has 0 aliphatic carbocycles. The van der Waals surface area contributed by atoms with Gasteiger partial charge in [-0.1, -0.05) is 13.8 Å². The van der Waals surface area contributed by atoms with Crippen LogP contribution >= 0.6 is 11.3 Å². The standard InChI is InChI=1S/C12H21N3OS/c1-10(2)13-6-4-5-12(16)15(3)7-11-8-17-9-14-11/h8-10,13H,4-7H2,1-3H3. The number of carbonyl (C=O) groups excluding carboxylic acids is 1. The zero-order valence-corrected chi connectivity index (χ0v) is 11.6. The van der Waals surface area contributed by atoms with Gasteiger partial charge in [0.15, 0.2) is 0 Å². The Morgan fingerprint density at radius 3 is 2.94 bits per heavy atom. The Bertz CT molecular complexity index is 325. The van der Waals surface area contributed by atoms with Crippen molar-refractivity contribution < 1.29 is 4.79 Å². The van der Waals surface area contributed by atoms with Crippen LogP contribution in [-0.2, 0) is 11.3 Å². The molecule has 4 nitrogen and oxygen atoms in total. The van der Waals surface area contributed by atoms with Crippen LogP contribution in [0.5, 0.6) is 0 Å². The first-order chi connectivity index (χ1) is 8.09. The highest BCUT2D eigenvalue weighted by molar-refractivity contribution is 7.07. The Kier molecular flexibility index (Phi) is 6.15. The molecule has 0 spiro atoms. The summed E-state index contributed by atoms with van der Waals surface area (Å²) in [7, 11) is 1.83. The van der Waals surface area contributed by atoms with Gasteiger partial charge >= 0.3 is 0 Å². The molecule has 0 bridgehead atoms. The third-order valence-electron chi connectivity index (χ3n) is 2.43. The highest BCUT2D eigenvalue weighted by Crippen LogP contribution is 2.05. The molecule has 1 amide bonds. The lowest BCUT2D eigenvalue weighted by Crippen LogP contribution is -2.28. The number of thiazole rings is 1. The highest BCUT2D eigenvalue weighted by Gasteiger charge is 2.09. The van der Waals surface area contributed by atoms with Crippen molar-refractivity contribution in [1.29, 1.82) is 0 Å². The second-order valence-corrected chi connectivity index (χ2v) is 5.16. The molecule has 0 fully saturated rings. The summed E-state index contributed by atoms with van der Waals surface area (Å²) >= 11 is 1.56. The van der Waals surface area contributed by atoms with Crippen LogP contribution in [0, 0.1) is 0 Å². The van der Waals surface area contributed by atoms with Gasteiger partial charge < -0.3 is 10.2 Å². The average Bonchev–Trinajstić information content (AvgIpc) is 2.76. The van der Waals surface area contributed by atoms with E-state index in [0.29, 0.717) is 19.0 Å². The van der Waals surface area contributed by atoms with E-state index >= 15 is 0 Å². The van der Waals surface area contributed by atoms with E-state index in [9.17, 15) is 4.79 Å². The van der Waals surface area contributed by atoms with Gasteiger partial charge in [0.1, 0.15) is 0 Å². The lowest BCUT2D eigenvalue weighted by molar-refractivity contribution is -0.130. The molecule has 1 aromatic rings. The normalized spacial score (nSPS) is 10.8. The fraction of sp³-hybridized carbons (Fsp3) is 0.667. The average molecular weight is 255 g/mol. The molecule has 1 heterocycles. The lowest BCUT2D eigenvalue weighted by Gasteiger charge is -2.16. The van der Waals surface area contributed by atoms with Gasteiger partial charge in [-0.2, -0.15) is 0 Å². The summed E-state index contributed by atoms with van der Waals surface area (Å²) in [6, 6.07) is 0.484. The number of rotatable bonds is 7. The van der Waals surface area contributed by atoms with E-state index in [2.05, 4.69) is 24.1 Å². The number of hydrogen-bond acceptors (Lipinski definition) is 4. The number of carbonyl (C=O) groups is 1. The minimum Gasteiger partial charge on any atom is -0.340 e. The molecule has 0 unspecified atom stereocenters. The molecule has 0 aliphatic rings. The number of aromatic nitrogens is 1. The summed E-state index contributed by atoms with van der Waals surface area (Å²) < 4.78 is 0. The molecular weight excluding hydrogens is 234 g/mol. The molecule has 0 atom stereocenters. The molecule has 17 heavy (non-hydrogen) atoms. The first kappa shape index (κ1) is 14.1. The third-order valence-corrected chi connectivity index (χ3v) is 3.06. The van der Waals surface area contributed by atoms with Gasteiger partial charge in [0.25, 0.3) is 0 Å². The van der Waals surface area contributed by atoms with Gasteiger partial charge in [-0.3, -0.25) is 4.79 Å². The maximum atomic E-state index is 11.8. The van der Waals surface area contributed by atoms with E-state index in [1.165, 1.54) is 0 Å². The molecular formula is C12H21N3OS. The van der Waals surface area contributed by atoms with Gasteiger partial charge in [0, 0.05) is 24.9 Å². The van der Waals surface area contributed by atoms with Crippen LogP contribution in [0.25, 0.3) is 0 Å². The molecule has 0 aromatic carbocycles. The second-order valence-electron chi connectivity index (χ2n) is 4.44. The number of hydrogen-bond donors (Lipinski definition) is 1. The van der Waals surface area contributed by atoms with Gasteiger partial charge in [0.05, 0.1) is 17.7 Å². The van der Waals surface area contributed by atoms with Gasteiger partial charge in [-0.05, 0) is 13.0 Å². The molecule has 1 N–H and O–H groups in total. The van der Waals surface area contributed by atoms with E-state index in [-0.39, 0.29) is 5.91 Å². The van der Waals surface area contributed by atoms with Gasteiger partial charge in [-0.25, -0.2) is 4.98 Å². The number of nitrogens with zero attached hydrogens (tertiary/aromatic N) is 2. The predicted molar refractivity (Wildman–Crippen MR) is 71.0 cm³/mol. The van der Waals surface area contributed by atoms with Crippen LogP contribution in [0.3, 0.4) is 0 Å². The molecule has 0 aliphatic heterocycles. The molecule has 0 radical (unpaired) electrons. The SMILES string of the molecule is CC(C)NCCCC(=O)N(C)Cc1cscn1. The van der Waals surface area contributed by atoms with Crippen molar-refractivity contribution in [2.45, 2.75) is 39.3 Å². The van der Waals surface area contributed by atoms with E-state index in [0.717, 1.165) is 18.7 Å². The minimum absolute atomic E-state index is 0.184. The van der Waals surface area contributed by atoms with Crippen molar-refractivity contribution in [3.8, 4) is 0 Å². The van der Waals surface area contributed by atoms with E-state index in [4.69, 9.17) is 0 Å². The van der Waals surface area contributed by atoms with Crippen LogP contribution in [0.4, 0.5) is 0 Å².